The van der Waals surface area contributed by atoms with Crippen LogP contribution in [0.3, 0.4) is 0 Å². The summed E-state index contributed by atoms with van der Waals surface area (Å²) in [4.78, 5) is 19.7. The first kappa shape index (κ1) is 32.7. The number of ether oxygens (including phenoxy) is 4. The Kier molecular flexibility index (Phi) is 10.3. The van der Waals surface area contributed by atoms with Crippen LogP contribution in [-0.2, 0) is 23.7 Å². The normalized spacial score (nSPS) is 49.7. The standard InChI is InChI=1S/C21H37ClN6O12/c1-6-20(36,4-30)16(39-17-9(26-2)11(32)10(31)7(3-29)38-17)18(37-6)40-21(22)14(28-19(24)25)12(33)8(27-5-23)13(34)15(21)35/h4-18,26,29,31-36H,3H2,1-2H3,(H2,23,27)(H4,24,25,28)/t6-,7-,8+,9-,10-,11-,12+,13-,14-,15+,16-,17-,18-,20+,21-/m0/s1. The smallest absolute Gasteiger partial charge is 0.198 e. The Morgan fingerprint density at radius 3 is 2.27 bits per heavy atom. The predicted octanol–water partition coefficient (Wildman–Crippen LogP) is -6.88. The van der Waals surface area contributed by atoms with Crippen molar-refractivity contribution >= 4 is 30.2 Å². The topological polar surface area (TPSA) is 310 Å². The molecule has 3 rings (SSSR count). The molecule has 18 nitrogen and oxygen atoms in total. The van der Waals surface area contributed by atoms with Gasteiger partial charge in [0.05, 0.1) is 25.1 Å². The predicted molar refractivity (Wildman–Crippen MR) is 135 cm³/mol. The second-order valence-corrected chi connectivity index (χ2v) is 10.3. The van der Waals surface area contributed by atoms with Crippen LogP contribution in [0.15, 0.2) is 9.98 Å². The summed E-state index contributed by atoms with van der Waals surface area (Å²) in [5, 5.41) is 74.2. The Morgan fingerprint density at radius 1 is 1.10 bits per heavy atom. The molecule has 3 aliphatic rings. The van der Waals surface area contributed by atoms with Gasteiger partial charge in [-0.2, -0.15) is 0 Å². The van der Waals surface area contributed by atoms with Crippen LogP contribution in [0, 0.1) is 0 Å². The zero-order valence-electron chi connectivity index (χ0n) is 21.5. The third-order valence-corrected chi connectivity index (χ3v) is 7.91. The van der Waals surface area contributed by atoms with Gasteiger partial charge < -0.3 is 77.2 Å². The first-order chi connectivity index (χ1) is 18.7. The van der Waals surface area contributed by atoms with Gasteiger partial charge in [-0.1, -0.05) is 11.6 Å². The van der Waals surface area contributed by atoms with Crippen LogP contribution < -0.4 is 22.5 Å². The molecule has 3 fully saturated rings. The Morgan fingerprint density at radius 2 is 1.75 bits per heavy atom. The summed E-state index contributed by atoms with van der Waals surface area (Å²) in [7, 11) is 1.41. The molecule has 0 radical (unpaired) electrons. The minimum absolute atomic E-state index is 0.110. The number of nitrogens with one attached hydrogen (secondary N) is 1. The number of halogens is 1. The van der Waals surface area contributed by atoms with E-state index in [1.807, 2.05) is 0 Å². The van der Waals surface area contributed by atoms with E-state index in [1.165, 1.54) is 14.0 Å². The van der Waals surface area contributed by atoms with Crippen molar-refractivity contribution in [3.63, 3.8) is 0 Å². The average Bonchev–Trinajstić information content (AvgIpc) is 3.14. The van der Waals surface area contributed by atoms with Gasteiger partial charge in [0.2, 0.25) is 0 Å². The lowest BCUT2D eigenvalue weighted by Crippen LogP contribution is -2.70. The number of carbonyl (C=O) groups excluding carboxylic acids is 1. The molecule has 1 saturated carbocycles. The third kappa shape index (κ3) is 5.64. The van der Waals surface area contributed by atoms with Gasteiger partial charge in [0, 0.05) is 0 Å². The lowest BCUT2D eigenvalue weighted by Gasteiger charge is -2.49. The molecule has 0 unspecified atom stereocenters. The van der Waals surface area contributed by atoms with Crippen LogP contribution in [0.4, 0.5) is 0 Å². The summed E-state index contributed by atoms with van der Waals surface area (Å²) in [5.41, 5.74) is 13.9. The van der Waals surface area contributed by atoms with Gasteiger partial charge in [0.15, 0.2) is 35.5 Å². The van der Waals surface area contributed by atoms with Crippen LogP contribution in [0.1, 0.15) is 6.92 Å². The molecule has 0 aromatic heterocycles. The van der Waals surface area contributed by atoms with Crippen LogP contribution in [0.25, 0.3) is 0 Å². The molecular formula is C21H37ClN6O12. The Balaban J connectivity index is 2.01. The number of guanidine groups is 1. The number of aliphatic imine (C=N–C) groups is 2. The maximum atomic E-state index is 12.1. The Hall–Kier alpha value is -1.78. The van der Waals surface area contributed by atoms with E-state index in [4.69, 9.17) is 47.7 Å². The number of rotatable bonds is 9. The van der Waals surface area contributed by atoms with Crippen molar-refractivity contribution in [2.45, 2.75) is 97.1 Å². The molecule has 0 bridgehead atoms. The lowest BCUT2D eigenvalue weighted by molar-refractivity contribution is -0.318. The zero-order chi connectivity index (χ0) is 30.2. The largest absolute Gasteiger partial charge is 0.394 e. The maximum absolute atomic E-state index is 12.1. The van der Waals surface area contributed by atoms with E-state index in [0.717, 1.165) is 6.34 Å². The highest BCUT2D eigenvalue weighted by atomic mass is 35.5. The number of carbonyl (C=O) groups is 1. The SMILES string of the molecule is CN[C@@H]1[C@H](O[C@H]2[C@H](O[C@]3(Cl)[C@H](O)[C@@H](O)[C@H](N=CN)[C@@H](O)[C@@H]3N=C(N)N)O[C@@H](C)[C@]2(O)C=O)O[C@@H](CO)[C@H](O)[C@H]1O. The van der Waals surface area contributed by atoms with Crippen molar-refractivity contribution < 1.29 is 59.5 Å². The van der Waals surface area contributed by atoms with Crippen molar-refractivity contribution in [3.05, 3.63) is 0 Å². The number of likely N-dealkylation sites (N-methyl/N-ethyl adjacent to an activating group) is 1. The number of alkyl halides is 1. The van der Waals surface area contributed by atoms with Crippen molar-refractivity contribution in [1.29, 1.82) is 0 Å². The van der Waals surface area contributed by atoms with E-state index in [9.17, 15) is 40.5 Å². The average molecular weight is 601 g/mol. The number of aldehydes is 1. The Labute approximate surface area is 233 Å². The van der Waals surface area contributed by atoms with Crippen LogP contribution >= 0.6 is 11.6 Å². The molecule has 1 aliphatic carbocycles. The number of hydrogen-bond acceptors (Lipinski definition) is 15. The monoisotopic (exact) mass is 600 g/mol. The van der Waals surface area contributed by atoms with Crippen molar-refractivity contribution in [2.75, 3.05) is 13.7 Å². The number of aliphatic hydroxyl groups excluding tert-OH is 6. The minimum Gasteiger partial charge on any atom is -0.394 e. The van der Waals surface area contributed by atoms with E-state index >= 15 is 0 Å². The molecule has 0 amide bonds. The number of nitrogens with zero attached hydrogens (tertiary/aromatic N) is 2. The highest BCUT2D eigenvalue weighted by molar-refractivity contribution is 6.24. The maximum Gasteiger partial charge on any atom is 0.198 e. The van der Waals surface area contributed by atoms with Gasteiger partial charge in [-0.15, -0.1) is 0 Å². The molecule has 0 aromatic carbocycles. The van der Waals surface area contributed by atoms with Gasteiger partial charge in [-0.3, -0.25) is 9.79 Å². The summed E-state index contributed by atoms with van der Waals surface area (Å²) < 4.78 is 22.9. The molecule has 0 spiro atoms. The van der Waals surface area contributed by atoms with Gasteiger partial charge in [-0.25, -0.2) is 4.99 Å². The molecule has 40 heavy (non-hydrogen) atoms. The highest BCUT2D eigenvalue weighted by Crippen LogP contribution is 2.44. The van der Waals surface area contributed by atoms with Crippen molar-refractivity contribution in [1.82, 2.24) is 5.32 Å². The summed E-state index contributed by atoms with van der Waals surface area (Å²) >= 11 is 6.66. The molecule has 230 valence electrons. The van der Waals surface area contributed by atoms with Gasteiger partial charge in [0.1, 0.15) is 54.8 Å². The summed E-state index contributed by atoms with van der Waals surface area (Å²) in [5.74, 6) is -0.593. The lowest BCUT2D eigenvalue weighted by atomic mass is 9.81. The number of nitrogens with two attached hydrogens (primary N) is 3. The molecule has 14 N–H and O–H groups in total. The summed E-state index contributed by atoms with van der Waals surface area (Å²) in [6.45, 7) is 0.575. The highest BCUT2D eigenvalue weighted by Gasteiger charge is 2.65. The molecule has 0 aromatic rings. The second-order valence-electron chi connectivity index (χ2n) is 9.76. The van der Waals surface area contributed by atoms with E-state index in [1.54, 1.807) is 0 Å². The van der Waals surface area contributed by atoms with Crippen LogP contribution in [0.2, 0.25) is 0 Å². The van der Waals surface area contributed by atoms with E-state index in [0.29, 0.717) is 0 Å². The molecular weight excluding hydrogens is 564 g/mol. The van der Waals surface area contributed by atoms with Gasteiger partial charge >= 0.3 is 0 Å². The molecule has 2 heterocycles. The second kappa shape index (κ2) is 12.6. The van der Waals surface area contributed by atoms with Gasteiger partial charge in [0.25, 0.3) is 0 Å². The summed E-state index contributed by atoms with van der Waals surface area (Å²) in [6, 6.07) is -4.31. The number of aliphatic hydroxyl groups is 7. The molecule has 15 atom stereocenters. The molecule has 2 aliphatic heterocycles. The van der Waals surface area contributed by atoms with E-state index in [2.05, 4.69) is 15.3 Å². The summed E-state index contributed by atoms with van der Waals surface area (Å²) in [6.07, 6.45) is -15.7. The quantitative estimate of drug-likeness (QED) is 0.0506. The first-order valence-corrected chi connectivity index (χ1v) is 12.6. The number of hydrogen-bond donors (Lipinski definition) is 11. The van der Waals surface area contributed by atoms with E-state index < -0.39 is 103 Å². The first-order valence-electron chi connectivity index (χ1n) is 12.2. The van der Waals surface area contributed by atoms with Crippen LogP contribution in [-0.4, -0.2) is 158 Å². The minimum atomic E-state index is -2.58. The van der Waals surface area contributed by atoms with E-state index in [-0.39, 0.29) is 6.29 Å². The fraction of sp³-hybridized carbons (Fsp3) is 0.857. The van der Waals surface area contributed by atoms with Crippen molar-refractivity contribution in [3.8, 4) is 0 Å². The third-order valence-electron chi connectivity index (χ3n) is 7.37. The fourth-order valence-corrected chi connectivity index (χ4v) is 5.44. The fourth-order valence-electron chi connectivity index (χ4n) is 5.04. The molecule has 19 heteroatoms. The Bertz CT molecular complexity index is 950. The van der Waals surface area contributed by atoms with Crippen LogP contribution in [0.5, 0.6) is 0 Å². The zero-order valence-corrected chi connectivity index (χ0v) is 22.3. The molecule has 2 saturated heterocycles. The van der Waals surface area contributed by atoms with Gasteiger partial charge in [-0.05, 0) is 14.0 Å². The van der Waals surface area contributed by atoms with Crippen molar-refractivity contribution in [2.24, 2.45) is 27.2 Å².